The van der Waals surface area contributed by atoms with Gasteiger partial charge in [-0.1, -0.05) is 96.1 Å². The molecular weight excluding hydrogens is 704 g/mol. The molecule has 1 aromatic carbocycles. The molecule has 0 spiro atoms. The van der Waals surface area contributed by atoms with Gasteiger partial charge in [0.15, 0.2) is 5.82 Å². The number of anilines is 1. The molecule has 2 aromatic heterocycles. The van der Waals surface area contributed by atoms with Crippen LogP contribution in [0, 0.1) is 17.1 Å². The van der Waals surface area contributed by atoms with Crippen LogP contribution in [0.2, 0.25) is 0 Å². The van der Waals surface area contributed by atoms with Crippen molar-refractivity contribution in [1.29, 1.82) is 5.26 Å². The van der Waals surface area contributed by atoms with E-state index < -0.39 is 20.0 Å². The van der Waals surface area contributed by atoms with E-state index in [2.05, 4.69) is 29.2 Å². The van der Waals surface area contributed by atoms with Gasteiger partial charge in [0.25, 0.3) is 0 Å². The van der Waals surface area contributed by atoms with E-state index in [1.165, 1.54) is 102 Å². The quantitative estimate of drug-likeness (QED) is 0.0420. The average Bonchev–Trinajstić information content (AvgIpc) is 3.78. The van der Waals surface area contributed by atoms with Gasteiger partial charge in [-0.15, -0.1) is 0 Å². The normalized spacial score (nSPS) is 18.5. The Bertz CT molecular complexity index is 1580. The van der Waals surface area contributed by atoms with Crippen LogP contribution in [0.3, 0.4) is 0 Å². The maximum Gasteiger partial charge on any atom is 0.330 e. The highest BCUT2D eigenvalue weighted by Crippen LogP contribution is 2.43. The molecule has 1 saturated heterocycles. The number of halogens is 1. The minimum absolute atomic E-state index is 0.132. The summed E-state index contributed by atoms with van der Waals surface area (Å²) in [4.78, 5) is 14.8. The molecule has 10 nitrogen and oxygen atoms in total. The number of hydrogen-bond donors (Lipinski definition) is 2. The largest absolute Gasteiger partial charge is 0.382 e. The number of rotatable bonds is 28. The van der Waals surface area contributed by atoms with Gasteiger partial charge in [0.1, 0.15) is 23.8 Å². The van der Waals surface area contributed by atoms with Crippen LogP contribution in [0.5, 0.6) is 0 Å². The highest BCUT2D eigenvalue weighted by Gasteiger charge is 2.39. The van der Waals surface area contributed by atoms with E-state index in [0.717, 1.165) is 49.7 Å². The van der Waals surface area contributed by atoms with Crippen LogP contribution >= 0.6 is 8.60 Å². The topological polar surface area (TPSA) is 137 Å². The van der Waals surface area contributed by atoms with Crippen LogP contribution in [0.25, 0.3) is 5.52 Å². The van der Waals surface area contributed by atoms with Gasteiger partial charge in [-0.05, 0) is 87.8 Å². The van der Waals surface area contributed by atoms with Gasteiger partial charge in [0, 0.05) is 0 Å². The molecule has 1 aliphatic rings. The van der Waals surface area contributed by atoms with Crippen molar-refractivity contribution in [2.24, 2.45) is 0 Å². The first kappa shape index (κ1) is 43.8. The number of aromatic nitrogens is 3. The average molecular weight is 768 g/mol. The molecule has 4 atom stereocenters. The fourth-order valence-corrected chi connectivity index (χ4v) is 7.76. The Morgan fingerprint density at radius 2 is 1.70 bits per heavy atom. The second-order valence-corrected chi connectivity index (χ2v) is 15.9. The van der Waals surface area contributed by atoms with Crippen molar-refractivity contribution in [2.75, 3.05) is 18.9 Å². The molecule has 298 valence electrons. The van der Waals surface area contributed by atoms with E-state index >= 15 is 0 Å². The molecule has 0 amide bonds. The summed E-state index contributed by atoms with van der Waals surface area (Å²) in [6.45, 7) is 4.66. The lowest BCUT2D eigenvalue weighted by molar-refractivity contribution is -0.0621. The zero-order valence-corrected chi connectivity index (χ0v) is 33.5. The highest BCUT2D eigenvalue weighted by atomic mass is 31.2. The van der Waals surface area contributed by atoms with Crippen molar-refractivity contribution in [3.63, 3.8) is 0 Å². The Kier molecular flexibility index (Phi) is 19.9. The van der Waals surface area contributed by atoms with Gasteiger partial charge in [-0.3, -0.25) is 0 Å². The Hall–Kier alpha value is -2.97. The van der Waals surface area contributed by atoms with E-state index in [9.17, 15) is 14.5 Å². The first-order chi connectivity index (χ1) is 26.3. The van der Waals surface area contributed by atoms with E-state index in [1.54, 1.807) is 10.6 Å². The standard InChI is InChI=1S/C42H63FN5O5P/c1-3-4-5-6-7-8-9-10-11-12-13-14-15-16-17-18-19-20-21-37(50-30-35-26-34(29-44)27-36(43)28-35)31-51-54(49)52-32-42(2)25-24-40(53-42)38-22-23-39-41(45)46-33-47-48(38)39/h10-11,22-23,26-28,33,37,40,49H,3-9,12-21,24-25,30-32H2,1-2H3,(H2,45,46,47)/b11-10+/t37?,40?,42-,54?/m0/s1. The first-order valence-corrected chi connectivity index (χ1v) is 21.4. The lowest BCUT2D eigenvalue weighted by atomic mass is 10.0. The third-order valence-corrected chi connectivity index (χ3v) is 10.9. The van der Waals surface area contributed by atoms with E-state index in [4.69, 9.17) is 24.3 Å². The number of unbranched alkanes of at least 4 members (excludes halogenated alkanes) is 14. The Morgan fingerprint density at radius 3 is 2.41 bits per heavy atom. The number of fused-ring (bicyclic) bond motifs is 1. The molecule has 0 radical (unpaired) electrons. The summed E-state index contributed by atoms with van der Waals surface area (Å²) in [5.74, 6) is -0.0629. The number of nitrogen functional groups attached to an aromatic ring is 1. The number of ether oxygens (including phenoxy) is 2. The molecule has 3 N–H and O–H groups in total. The second kappa shape index (κ2) is 24.5. The molecule has 1 fully saturated rings. The first-order valence-electron chi connectivity index (χ1n) is 20.3. The van der Waals surface area contributed by atoms with Gasteiger partial charge >= 0.3 is 8.60 Å². The Labute approximate surface area is 323 Å². The lowest BCUT2D eigenvalue weighted by Gasteiger charge is -2.26. The predicted octanol–water partition coefficient (Wildman–Crippen LogP) is 11.0. The summed E-state index contributed by atoms with van der Waals surface area (Å²) in [5, 5.41) is 13.6. The van der Waals surface area contributed by atoms with Crippen LogP contribution in [0.4, 0.5) is 10.2 Å². The van der Waals surface area contributed by atoms with Crippen LogP contribution in [-0.4, -0.2) is 44.4 Å². The number of nitrogens with two attached hydrogens (primary N) is 1. The monoisotopic (exact) mass is 767 g/mol. The zero-order valence-electron chi connectivity index (χ0n) is 32.6. The number of hydrogen-bond acceptors (Lipinski definition) is 9. The van der Waals surface area contributed by atoms with E-state index in [0.29, 0.717) is 11.4 Å². The van der Waals surface area contributed by atoms with Crippen molar-refractivity contribution in [3.8, 4) is 6.07 Å². The molecular formula is C42H63FN5O5P. The number of nitriles is 1. The number of nitrogens with zero attached hydrogens (tertiary/aromatic N) is 4. The summed E-state index contributed by atoms with van der Waals surface area (Å²) < 4.78 is 39.9. The molecule has 0 aliphatic carbocycles. The second-order valence-electron chi connectivity index (χ2n) is 14.9. The van der Waals surface area contributed by atoms with Crippen molar-refractivity contribution in [3.05, 3.63) is 71.4 Å². The van der Waals surface area contributed by atoms with Gasteiger partial charge in [-0.2, -0.15) is 10.4 Å². The minimum atomic E-state index is -2.18. The fraction of sp³-hybridized carbons (Fsp3) is 0.643. The molecule has 0 bridgehead atoms. The van der Waals surface area contributed by atoms with Gasteiger partial charge in [-0.25, -0.2) is 13.9 Å². The van der Waals surface area contributed by atoms with Crippen LogP contribution in [-0.2, 0) is 25.1 Å². The van der Waals surface area contributed by atoms with Crippen LogP contribution in [0.1, 0.15) is 159 Å². The summed E-state index contributed by atoms with van der Waals surface area (Å²) in [7, 11) is -2.18. The summed E-state index contributed by atoms with van der Waals surface area (Å²) in [5.41, 5.74) is 7.84. The third kappa shape index (κ3) is 15.6. The molecule has 54 heavy (non-hydrogen) atoms. The Morgan fingerprint density at radius 1 is 1.02 bits per heavy atom. The minimum Gasteiger partial charge on any atom is -0.382 e. The van der Waals surface area contributed by atoms with Crippen LogP contribution in [0.15, 0.2) is 48.8 Å². The van der Waals surface area contributed by atoms with Crippen molar-refractivity contribution in [2.45, 2.75) is 160 Å². The maximum absolute atomic E-state index is 14.1. The van der Waals surface area contributed by atoms with Crippen LogP contribution < -0.4 is 5.73 Å². The fourth-order valence-electron chi connectivity index (χ4n) is 7.01. The third-order valence-electron chi connectivity index (χ3n) is 10.2. The highest BCUT2D eigenvalue weighted by molar-refractivity contribution is 7.40. The SMILES string of the molecule is CCCCCCCC/C=C/CCCCCCCCCCC(COP(O)OC[C@]1(C)CCC(c2ccc3c(N)ncnn23)O1)OCc1cc(F)cc(C#N)c1. The summed E-state index contributed by atoms with van der Waals surface area (Å²) in [6.07, 6.45) is 27.9. The maximum atomic E-state index is 14.1. The number of benzene rings is 1. The van der Waals surface area contributed by atoms with Gasteiger partial charge in [0.05, 0.1) is 48.9 Å². The molecule has 12 heteroatoms. The Balaban J connectivity index is 1.13. The van der Waals surface area contributed by atoms with Crippen molar-refractivity contribution < 1.29 is 27.8 Å². The summed E-state index contributed by atoms with van der Waals surface area (Å²) >= 11 is 0. The van der Waals surface area contributed by atoms with E-state index in [-0.39, 0.29) is 37.6 Å². The van der Waals surface area contributed by atoms with Gasteiger partial charge in [0.2, 0.25) is 0 Å². The van der Waals surface area contributed by atoms with Crippen molar-refractivity contribution >= 4 is 19.9 Å². The van der Waals surface area contributed by atoms with E-state index in [1.807, 2.05) is 25.1 Å². The molecule has 0 saturated carbocycles. The smallest absolute Gasteiger partial charge is 0.330 e. The predicted molar refractivity (Wildman–Crippen MR) is 213 cm³/mol. The molecule has 1 aliphatic heterocycles. The molecule has 3 unspecified atom stereocenters. The lowest BCUT2D eigenvalue weighted by Crippen LogP contribution is -2.29. The van der Waals surface area contributed by atoms with Crippen molar-refractivity contribution in [1.82, 2.24) is 14.6 Å². The van der Waals surface area contributed by atoms with Gasteiger partial charge < -0.3 is 29.1 Å². The molecule has 4 rings (SSSR count). The number of allylic oxidation sites excluding steroid dienone is 2. The zero-order chi connectivity index (χ0) is 38.4. The summed E-state index contributed by atoms with van der Waals surface area (Å²) in [6, 6.07) is 10.0. The molecule has 3 aromatic rings. The molecule has 3 heterocycles.